The van der Waals surface area contributed by atoms with Crippen molar-refractivity contribution in [3.05, 3.63) is 0 Å². The lowest BCUT2D eigenvalue weighted by molar-refractivity contribution is -0.0241. The van der Waals surface area contributed by atoms with Crippen LogP contribution in [0.25, 0.3) is 0 Å². The summed E-state index contributed by atoms with van der Waals surface area (Å²) in [5, 5.41) is 9.91. The van der Waals surface area contributed by atoms with Crippen LogP contribution in [0.5, 0.6) is 0 Å². The third-order valence-electron chi connectivity index (χ3n) is 2.84. The predicted octanol–water partition coefficient (Wildman–Crippen LogP) is 0.757. The fourth-order valence-electron chi connectivity index (χ4n) is 1.74. The highest BCUT2D eigenvalue weighted by atomic mass is 16.5. The first-order valence-electron chi connectivity index (χ1n) is 5.14. The third kappa shape index (κ3) is 2.93. The quantitative estimate of drug-likeness (QED) is 0.685. The number of aliphatic hydroxyl groups is 1. The second kappa shape index (κ2) is 4.94. The maximum Gasteiger partial charge on any atom is 0.0743 e. The van der Waals surface area contributed by atoms with Crippen LogP contribution >= 0.6 is 0 Å². The summed E-state index contributed by atoms with van der Waals surface area (Å²) >= 11 is 0. The Hall–Kier alpha value is -0.120. The maximum atomic E-state index is 9.91. The standard InChI is InChI=1S/C10H21NO2/c1-7(2)9(11)10(12)8-4-3-5-13-6-8/h7-10,12H,3-6,11H2,1-2H3. The van der Waals surface area contributed by atoms with Crippen molar-refractivity contribution in [3.63, 3.8) is 0 Å². The Morgan fingerprint density at radius 3 is 2.62 bits per heavy atom. The average molecular weight is 187 g/mol. The van der Waals surface area contributed by atoms with E-state index in [9.17, 15) is 5.11 Å². The van der Waals surface area contributed by atoms with Gasteiger partial charge in [-0.1, -0.05) is 13.8 Å². The lowest BCUT2D eigenvalue weighted by Gasteiger charge is -2.32. The molecule has 0 spiro atoms. The molecule has 3 atom stereocenters. The Balaban J connectivity index is 2.40. The minimum absolute atomic E-state index is 0.119. The molecule has 0 aromatic heterocycles. The zero-order chi connectivity index (χ0) is 9.84. The van der Waals surface area contributed by atoms with Crippen molar-refractivity contribution < 1.29 is 9.84 Å². The number of aliphatic hydroxyl groups excluding tert-OH is 1. The number of ether oxygens (including phenoxy) is 1. The maximum absolute atomic E-state index is 9.91. The first-order chi connectivity index (χ1) is 6.13. The summed E-state index contributed by atoms with van der Waals surface area (Å²) in [7, 11) is 0. The second-order valence-corrected chi connectivity index (χ2v) is 4.29. The Kier molecular flexibility index (Phi) is 4.16. The lowest BCUT2D eigenvalue weighted by atomic mass is 9.87. The topological polar surface area (TPSA) is 55.5 Å². The summed E-state index contributed by atoms with van der Waals surface area (Å²) in [6.45, 7) is 5.58. The molecule has 13 heavy (non-hydrogen) atoms. The zero-order valence-electron chi connectivity index (χ0n) is 8.57. The van der Waals surface area contributed by atoms with Crippen LogP contribution in [0.3, 0.4) is 0 Å². The molecule has 3 unspecified atom stereocenters. The van der Waals surface area contributed by atoms with Gasteiger partial charge in [-0.25, -0.2) is 0 Å². The van der Waals surface area contributed by atoms with Gasteiger partial charge >= 0.3 is 0 Å². The van der Waals surface area contributed by atoms with Crippen LogP contribution in [0.4, 0.5) is 0 Å². The van der Waals surface area contributed by atoms with E-state index in [0.717, 1.165) is 19.4 Å². The molecular weight excluding hydrogens is 166 g/mol. The first kappa shape index (κ1) is 11.0. The minimum Gasteiger partial charge on any atom is -0.391 e. The van der Waals surface area contributed by atoms with E-state index in [1.807, 2.05) is 13.8 Å². The average Bonchev–Trinajstić information content (AvgIpc) is 2.17. The molecule has 1 rings (SSSR count). The van der Waals surface area contributed by atoms with E-state index in [2.05, 4.69) is 0 Å². The molecule has 0 radical (unpaired) electrons. The molecule has 0 bridgehead atoms. The van der Waals surface area contributed by atoms with E-state index in [4.69, 9.17) is 10.5 Å². The molecule has 0 aromatic rings. The second-order valence-electron chi connectivity index (χ2n) is 4.29. The molecule has 0 aliphatic carbocycles. The highest BCUT2D eigenvalue weighted by Gasteiger charge is 2.28. The Morgan fingerprint density at radius 1 is 1.46 bits per heavy atom. The van der Waals surface area contributed by atoms with Gasteiger partial charge in [0.2, 0.25) is 0 Å². The zero-order valence-corrected chi connectivity index (χ0v) is 8.57. The Morgan fingerprint density at radius 2 is 2.15 bits per heavy atom. The molecule has 1 aliphatic rings. The van der Waals surface area contributed by atoms with Crippen molar-refractivity contribution in [2.75, 3.05) is 13.2 Å². The molecule has 0 saturated carbocycles. The summed E-state index contributed by atoms with van der Waals surface area (Å²) < 4.78 is 5.32. The summed E-state index contributed by atoms with van der Waals surface area (Å²) in [6.07, 6.45) is 1.69. The summed E-state index contributed by atoms with van der Waals surface area (Å²) in [5.41, 5.74) is 5.89. The van der Waals surface area contributed by atoms with E-state index >= 15 is 0 Å². The smallest absolute Gasteiger partial charge is 0.0743 e. The van der Waals surface area contributed by atoms with Crippen LogP contribution in [0, 0.1) is 11.8 Å². The number of rotatable bonds is 3. The van der Waals surface area contributed by atoms with Crippen molar-refractivity contribution in [1.29, 1.82) is 0 Å². The molecule has 3 N–H and O–H groups in total. The van der Waals surface area contributed by atoms with Crippen LogP contribution in [0.15, 0.2) is 0 Å². The fourth-order valence-corrected chi connectivity index (χ4v) is 1.74. The van der Waals surface area contributed by atoms with Gasteiger partial charge in [-0.2, -0.15) is 0 Å². The molecule has 1 heterocycles. The van der Waals surface area contributed by atoms with Gasteiger partial charge in [0, 0.05) is 18.6 Å². The van der Waals surface area contributed by atoms with Gasteiger partial charge < -0.3 is 15.6 Å². The van der Waals surface area contributed by atoms with Crippen molar-refractivity contribution in [1.82, 2.24) is 0 Å². The monoisotopic (exact) mass is 187 g/mol. The minimum atomic E-state index is -0.403. The van der Waals surface area contributed by atoms with Crippen molar-refractivity contribution >= 4 is 0 Å². The van der Waals surface area contributed by atoms with Gasteiger partial charge in [0.15, 0.2) is 0 Å². The SMILES string of the molecule is CC(C)C(N)C(O)C1CCCOC1. The molecule has 3 heteroatoms. The molecule has 0 amide bonds. The normalized spacial score (nSPS) is 28.8. The predicted molar refractivity (Wildman–Crippen MR) is 52.4 cm³/mol. The van der Waals surface area contributed by atoms with Crippen LogP contribution in [-0.2, 0) is 4.74 Å². The highest BCUT2D eigenvalue weighted by Crippen LogP contribution is 2.21. The van der Waals surface area contributed by atoms with Crippen LogP contribution < -0.4 is 5.73 Å². The van der Waals surface area contributed by atoms with Crippen molar-refractivity contribution in [2.45, 2.75) is 38.8 Å². The molecule has 1 aliphatic heterocycles. The van der Waals surface area contributed by atoms with Gasteiger partial charge in [-0.3, -0.25) is 0 Å². The fraction of sp³-hybridized carbons (Fsp3) is 1.00. The van der Waals surface area contributed by atoms with E-state index < -0.39 is 6.10 Å². The summed E-state index contributed by atoms with van der Waals surface area (Å²) in [4.78, 5) is 0. The molecule has 0 aromatic carbocycles. The van der Waals surface area contributed by atoms with Crippen molar-refractivity contribution in [2.24, 2.45) is 17.6 Å². The van der Waals surface area contributed by atoms with E-state index in [1.54, 1.807) is 0 Å². The van der Waals surface area contributed by atoms with Crippen LogP contribution in [0.2, 0.25) is 0 Å². The lowest BCUT2D eigenvalue weighted by Crippen LogP contribution is -2.45. The number of nitrogens with two attached hydrogens (primary N) is 1. The van der Waals surface area contributed by atoms with Gasteiger partial charge in [-0.05, 0) is 18.8 Å². The molecule has 1 saturated heterocycles. The van der Waals surface area contributed by atoms with Crippen molar-refractivity contribution in [3.8, 4) is 0 Å². The Bertz CT molecular complexity index is 144. The molecule has 3 nitrogen and oxygen atoms in total. The summed E-state index contributed by atoms with van der Waals surface area (Å²) in [6, 6.07) is -0.119. The Labute approximate surface area is 80.3 Å². The number of hydrogen-bond donors (Lipinski definition) is 2. The van der Waals surface area contributed by atoms with E-state index in [1.165, 1.54) is 0 Å². The van der Waals surface area contributed by atoms with Crippen LogP contribution in [-0.4, -0.2) is 30.5 Å². The molecule has 78 valence electrons. The van der Waals surface area contributed by atoms with Gasteiger partial charge in [0.05, 0.1) is 12.7 Å². The molecule has 1 fully saturated rings. The number of hydrogen-bond acceptors (Lipinski definition) is 3. The highest BCUT2D eigenvalue weighted by molar-refractivity contribution is 4.82. The molecular formula is C10H21NO2. The van der Waals surface area contributed by atoms with E-state index in [0.29, 0.717) is 12.5 Å². The van der Waals surface area contributed by atoms with Gasteiger partial charge in [-0.15, -0.1) is 0 Å². The first-order valence-corrected chi connectivity index (χ1v) is 5.14. The van der Waals surface area contributed by atoms with E-state index in [-0.39, 0.29) is 12.0 Å². The summed E-state index contributed by atoms with van der Waals surface area (Å²) in [5.74, 6) is 0.572. The van der Waals surface area contributed by atoms with Gasteiger partial charge in [0.1, 0.15) is 0 Å². The largest absolute Gasteiger partial charge is 0.391 e. The third-order valence-corrected chi connectivity index (χ3v) is 2.84. The van der Waals surface area contributed by atoms with Crippen LogP contribution in [0.1, 0.15) is 26.7 Å². The van der Waals surface area contributed by atoms with Gasteiger partial charge in [0.25, 0.3) is 0 Å².